The van der Waals surface area contributed by atoms with Crippen LogP contribution in [-0.4, -0.2) is 21.7 Å². The lowest BCUT2D eigenvalue weighted by atomic mass is 10.2. The Kier molecular flexibility index (Phi) is 5.91. The van der Waals surface area contributed by atoms with Crippen molar-refractivity contribution in [2.24, 2.45) is 0 Å². The molecule has 1 rings (SSSR count). The van der Waals surface area contributed by atoms with Gasteiger partial charge in [0.15, 0.2) is 5.75 Å². The second kappa shape index (κ2) is 7.22. The van der Waals surface area contributed by atoms with Gasteiger partial charge in [0.25, 0.3) is 0 Å². The van der Waals surface area contributed by atoms with Crippen molar-refractivity contribution in [3.05, 3.63) is 17.7 Å². The van der Waals surface area contributed by atoms with Gasteiger partial charge < -0.3 is 9.84 Å². The third-order valence-electron chi connectivity index (χ3n) is 2.52. The van der Waals surface area contributed by atoms with Crippen LogP contribution in [0.2, 0.25) is 0 Å². The van der Waals surface area contributed by atoms with Gasteiger partial charge in [-0.05, 0) is 6.42 Å². The van der Waals surface area contributed by atoms with Gasteiger partial charge in [0.2, 0.25) is 0 Å². The average Bonchev–Trinajstić information content (AvgIpc) is 2.34. The molecule has 0 saturated heterocycles. The molecule has 4 heteroatoms. The van der Waals surface area contributed by atoms with Crippen LogP contribution in [0.1, 0.15) is 57.5 Å². The van der Waals surface area contributed by atoms with E-state index >= 15 is 0 Å². The fourth-order valence-corrected chi connectivity index (χ4v) is 1.47. The normalized spacial score (nSPS) is 10.9. The summed E-state index contributed by atoms with van der Waals surface area (Å²) in [5.41, 5.74) is 0.584. The number of ether oxygens (including phenoxy) is 1. The molecule has 0 bridgehead atoms. The summed E-state index contributed by atoms with van der Waals surface area (Å²) in [6.07, 6.45) is 5.01. The van der Waals surface area contributed by atoms with E-state index in [4.69, 9.17) is 4.74 Å². The minimum absolute atomic E-state index is 0.106. The van der Waals surface area contributed by atoms with Crippen molar-refractivity contribution in [1.29, 1.82) is 0 Å². The second-order valence-electron chi connectivity index (χ2n) is 4.41. The van der Waals surface area contributed by atoms with E-state index in [0.717, 1.165) is 18.7 Å². The Balaban J connectivity index is 2.65. The number of aromatic nitrogens is 2. The summed E-state index contributed by atoms with van der Waals surface area (Å²) in [6.45, 7) is 6.76. The predicted molar refractivity (Wildman–Crippen MR) is 67.1 cm³/mol. The average molecular weight is 238 g/mol. The van der Waals surface area contributed by atoms with Crippen molar-refractivity contribution in [2.45, 2.75) is 52.6 Å². The number of aliphatic hydroxyl groups excluding tert-OH is 1. The second-order valence-corrected chi connectivity index (χ2v) is 4.41. The molecule has 1 heterocycles. The minimum Gasteiger partial charge on any atom is -0.490 e. The smallest absolute Gasteiger partial charge is 0.161 e. The number of hydrogen-bond donors (Lipinski definition) is 1. The van der Waals surface area contributed by atoms with Gasteiger partial charge in [-0.1, -0.05) is 33.6 Å². The first-order chi connectivity index (χ1) is 8.19. The van der Waals surface area contributed by atoms with Crippen molar-refractivity contribution in [1.82, 2.24) is 9.97 Å². The number of rotatable bonds is 7. The fraction of sp³-hybridized carbons (Fsp3) is 0.692. The molecule has 1 N–H and O–H groups in total. The van der Waals surface area contributed by atoms with Gasteiger partial charge in [0.05, 0.1) is 19.4 Å². The zero-order valence-electron chi connectivity index (χ0n) is 10.9. The molecule has 0 unspecified atom stereocenters. The third kappa shape index (κ3) is 4.30. The molecule has 1 aromatic heterocycles. The van der Waals surface area contributed by atoms with Crippen LogP contribution >= 0.6 is 0 Å². The van der Waals surface area contributed by atoms with E-state index in [0.29, 0.717) is 18.1 Å². The van der Waals surface area contributed by atoms with Gasteiger partial charge >= 0.3 is 0 Å². The lowest BCUT2D eigenvalue weighted by Gasteiger charge is -2.11. The standard InChI is InChI=1S/C13H22N2O2/c1-4-5-6-7-17-12-8-14-13(10(2)3)15-11(12)9-16/h8,10,16H,4-7,9H2,1-3H3. The maximum absolute atomic E-state index is 9.26. The van der Waals surface area contributed by atoms with Crippen LogP contribution < -0.4 is 4.74 Å². The maximum atomic E-state index is 9.26. The molecular weight excluding hydrogens is 216 g/mol. The summed E-state index contributed by atoms with van der Waals surface area (Å²) in [5, 5.41) is 9.26. The molecule has 0 fully saturated rings. The first-order valence-corrected chi connectivity index (χ1v) is 6.28. The van der Waals surface area contributed by atoms with E-state index in [9.17, 15) is 5.11 Å². The van der Waals surface area contributed by atoms with Gasteiger partial charge in [-0.15, -0.1) is 0 Å². The topological polar surface area (TPSA) is 55.2 Å². The monoisotopic (exact) mass is 238 g/mol. The Bertz CT molecular complexity index is 340. The Morgan fingerprint density at radius 3 is 2.71 bits per heavy atom. The Hall–Kier alpha value is -1.16. The lowest BCUT2D eigenvalue weighted by molar-refractivity contribution is 0.253. The molecule has 0 radical (unpaired) electrons. The third-order valence-corrected chi connectivity index (χ3v) is 2.52. The first kappa shape index (κ1) is 13.9. The molecule has 0 spiro atoms. The molecule has 0 aromatic carbocycles. The van der Waals surface area contributed by atoms with E-state index in [1.807, 2.05) is 13.8 Å². The van der Waals surface area contributed by atoms with Gasteiger partial charge in [0, 0.05) is 5.92 Å². The van der Waals surface area contributed by atoms with Crippen LogP contribution in [0, 0.1) is 0 Å². The molecule has 0 amide bonds. The van der Waals surface area contributed by atoms with E-state index in [1.165, 1.54) is 6.42 Å². The van der Waals surface area contributed by atoms with Crippen molar-refractivity contribution in [3.63, 3.8) is 0 Å². The van der Waals surface area contributed by atoms with Gasteiger partial charge in [-0.25, -0.2) is 9.97 Å². The molecule has 1 aromatic rings. The highest BCUT2D eigenvalue weighted by Gasteiger charge is 2.09. The molecule has 17 heavy (non-hydrogen) atoms. The number of nitrogens with zero attached hydrogens (tertiary/aromatic N) is 2. The summed E-state index contributed by atoms with van der Waals surface area (Å²) >= 11 is 0. The molecule has 0 aliphatic carbocycles. The van der Waals surface area contributed by atoms with Gasteiger partial charge in [0.1, 0.15) is 11.5 Å². The summed E-state index contributed by atoms with van der Waals surface area (Å²) in [6, 6.07) is 0. The first-order valence-electron chi connectivity index (χ1n) is 6.28. The summed E-state index contributed by atoms with van der Waals surface area (Å²) < 4.78 is 5.58. The zero-order valence-corrected chi connectivity index (χ0v) is 10.9. The maximum Gasteiger partial charge on any atom is 0.161 e. The minimum atomic E-state index is -0.106. The van der Waals surface area contributed by atoms with Crippen molar-refractivity contribution in [2.75, 3.05) is 6.61 Å². The molecular formula is C13H22N2O2. The molecule has 96 valence electrons. The molecule has 0 aliphatic rings. The van der Waals surface area contributed by atoms with Gasteiger partial charge in [-0.2, -0.15) is 0 Å². The number of aliphatic hydroxyl groups is 1. The highest BCUT2D eigenvalue weighted by Crippen LogP contribution is 2.18. The highest BCUT2D eigenvalue weighted by atomic mass is 16.5. The number of unbranched alkanes of at least 4 members (excludes halogenated alkanes) is 2. The zero-order chi connectivity index (χ0) is 12.7. The van der Waals surface area contributed by atoms with Crippen LogP contribution in [-0.2, 0) is 6.61 Å². The Labute approximate surface area is 103 Å². The SMILES string of the molecule is CCCCCOc1cnc(C(C)C)nc1CO. The van der Waals surface area contributed by atoms with E-state index in [2.05, 4.69) is 16.9 Å². The highest BCUT2D eigenvalue weighted by molar-refractivity contribution is 5.24. The fourth-order valence-electron chi connectivity index (χ4n) is 1.47. The van der Waals surface area contributed by atoms with Crippen molar-refractivity contribution >= 4 is 0 Å². The van der Waals surface area contributed by atoms with Crippen LogP contribution in [0.4, 0.5) is 0 Å². The van der Waals surface area contributed by atoms with Crippen LogP contribution in [0.15, 0.2) is 6.20 Å². The van der Waals surface area contributed by atoms with Crippen molar-refractivity contribution < 1.29 is 9.84 Å². The van der Waals surface area contributed by atoms with E-state index < -0.39 is 0 Å². The molecule has 0 atom stereocenters. The Morgan fingerprint density at radius 1 is 1.35 bits per heavy atom. The molecule has 4 nitrogen and oxygen atoms in total. The van der Waals surface area contributed by atoms with Crippen molar-refractivity contribution in [3.8, 4) is 5.75 Å². The summed E-state index contributed by atoms with van der Waals surface area (Å²) in [7, 11) is 0. The molecule has 0 aliphatic heterocycles. The van der Waals surface area contributed by atoms with Crippen LogP contribution in [0.25, 0.3) is 0 Å². The predicted octanol–water partition coefficient (Wildman–Crippen LogP) is 2.66. The quantitative estimate of drug-likeness (QED) is 0.742. The summed E-state index contributed by atoms with van der Waals surface area (Å²) in [5.74, 6) is 1.61. The largest absolute Gasteiger partial charge is 0.490 e. The summed E-state index contributed by atoms with van der Waals surface area (Å²) in [4.78, 5) is 8.54. The van der Waals surface area contributed by atoms with E-state index in [1.54, 1.807) is 6.20 Å². The number of hydrogen-bond acceptors (Lipinski definition) is 4. The van der Waals surface area contributed by atoms with Crippen LogP contribution in [0.5, 0.6) is 5.75 Å². The van der Waals surface area contributed by atoms with Gasteiger partial charge in [-0.3, -0.25) is 0 Å². The van der Waals surface area contributed by atoms with Crippen LogP contribution in [0.3, 0.4) is 0 Å². The Morgan fingerprint density at radius 2 is 2.12 bits per heavy atom. The van der Waals surface area contributed by atoms with E-state index in [-0.39, 0.29) is 12.5 Å². The lowest BCUT2D eigenvalue weighted by Crippen LogP contribution is -2.06. The molecule has 0 saturated carbocycles.